The Morgan fingerprint density at radius 1 is 1.21 bits per heavy atom. The van der Waals surface area contributed by atoms with Crippen molar-refractivity contribution in [1.29, 1.82) is 0 Å². The minimum Gasteiger partial charge on any atom is -0.394 e. The first-order chi connectivity index (χ1) is 13.2. The van der Waals surface area contributed by atoms with E-state index >= 15 is 0 Å². The number of hydrogen-bond donors (Lipinski definition) is 2. The van der Waals surface area contributed by atoms with Gasteiger partial charge >= 0.3 is 0 Å². The summed E-state index contributed by atoms with van der Waals surface area (Å²) in [5.74, 6) is -0.398. The van der Waals surface area contributed by atoms with Crippen LogP contribution in [0.15, 0.2) is 47.4 Å². The van der Waals surface area contributed by atoms with Crippen LogP contribution < -0.4 is 5.32 Å². The first-order valence-electron chi connectivity index (χ1n) is 9.31. The van der Waals surface area contributed by atoms with Gasteiger partial charge < -0.3 is 10.4 Å². The molecular weight excluding hydrogens is 376 g/mol. The maximum absolute atomic E-state index is 13.5. The number of nitrogens with zero attached hydrogens (tertiary/aromatic N) is 1. The van der Waals surface area contributed by atoms with Gasteiger partial charge in [0.1, 0.15) is 6.04 Å². The van der Waals surface area contributed by atoms with Gasteiger partial charge in [0.2, 0.25) is 15.9 Å². The quantitative estimate of drug-likeness (QED) is 0.800. The van der Waals surface area contributed by atoms with Crippen molar-refractivity contribution in [3.63, 3.8) is 0 Å². The van der Waals surface area contributed by atoms with Crippen LogP contribution in [0.2, 0.25) is 0 Å². The van der Waals surface area contributed by atoms with Crippen LogP contribution >= 0.6 is 0 Å². The first-order valence-corrected chi connectivity index (χ1v) is 10.7. The summed E-state index contributed by atoms with van der Waals surface area (Å²) in [4.78, 5) is 13.1. The van der Waals surface area contributed by atoms with Gasteiger partial charge in [-0.05, 0) is 55.5 Å². The second kappa shape index (κ2) is 8.03. The molecule has 28 heavy (non-hydrogen) atoms. The predicted molar refractivity (Wildman–Crippen MR) is 107 cm³/mol. The van der Waals surface area contributed by atoms with Gasteiger partial charge in [0, 0.05) is 12.6 Å². The molecule has 0 fully saturated rings. The Bertz CT molecular complexity index is 988. The Kier molecular flexibility index (Phi) is 5.88. The maximum atomic E-state index is 13.5. The molecule has 2 aromatic carbocycles. The topological polar surface area (TPSA) is 86.7 Å². The standard InChI is InChI=1S/C21H26N2O4S/c1-14-8-9-15(2)20(10-14)28(26,27)23-12-18-7-5-4-6-17(18)11-19(23)21(25)22-16(3)13-24/h4-10,16,19,24H,11-13H2,1-3H3,(H,22,25). The summed E-state index contributed by atoms with van der Waals surface area (Å²) in [6.07, 6.45) is 0.296. The third-order valence-electron chi connectivity index (χ3n) is 5.10. The van der Waals surface area contributed by atoms with Crippen molar-refractivity contribution < 1.29 is 18.3 Å². The molecule has 0 saturated carbocycles. The second-order valence-electron chi connectivity index (χ2n) is 7.40. The lowest BCUT2D eigenvalue weighted by Crippen LogP contribution is -2.54. The van der Waals surface area contributed by atoms with Gasteiger partial charge in [-0.15, -0.1) is 0 Å². The van der Waals surface area contributed by atoms with Gasteiger partial charge in [-0.2, -0.15) is 4.31 Å². The number of aryl methyl sites for hydroxylation is 2. The second-order valence-corrected chi connectivity index (χ2v) is 9.26. The van der Waals surface area contributed by atoms with E-state index in [1.807, 2.05) is 37.3 Å². The summed E-state index contributed by atoms with van der Waals surface area (Å²) in [5.41, 5.74) is 3.35. The van der Waals surface area contributed by atoms with Gasteiger partial charge in [0.05, 0.1) is 11.5 Å². The van der Waals surface area contributed by atoms with E-state index < -0.39 is 28.0 Å². The van der Waals surface area contributed by atoms with Crippen molar-refractivity contribution in [3.8, 4) is 0 Å². The van der Waals surface area contributed by atoms with Crippen LogP contribution in [-0.4, -0.2) is 42.4 Å². The number of hydrogen-bond acceptors (Lipinski definition) is 4. The summed E-state index contributed by atoms with van der Waals surface area (Å²) in [6.45, 7) is 5.21. The Balaban J connectivity index is 2.06. The zero-order valence-corrected chi connectivity index (χ0v) is 17.2. The molecule has 0 aromatic heterocycles. The van der Waals surface area contributed by atoms with Crippen molar-refractivity contribution in [3.05, 3.63) is 64.7 Å². The van der Waals surface area contributed by atoms with E-state index in [9.17, 15) is 18.3 Å². The fourth-order valence-corrected chi connectivity index (χ4v) is 5.35. The van der Waals surface area contributed by atoms with Gasteiger partial charge in [0.25, 0.3) is 0 Å². The highest BCUT2D eigenvalue weighted by Crippen LogP contribution is 2.31. The van der Waals surface area contributed by atoms with Gasteiger partial charge in [0.15, 0.2) is 0 Å². The fourth-order valence-electron chi connectivity index (χ4n) is 3.47. The average molecular weight is 403 g/mol. The molecule has 0 radical (unpaired) electrons. The number of fused-ring (bicyclic) bond motifs is 1. The zero-order chi connectivity index (χ0) is 20.5. The number of aliphatic hydroxyl groups is 1. The number of benzene rings is 2. The highest BCUT2D eigenvalue weighted by molar-refractivity contribution is 7.89. The molecule has 0 saturated heterocycles. The first kappa shape index (κ1) is 20.5. The number of carbonyl (C=O) groups is 1. The SMILES string of the molecule is Cc1ccc(C)c(S(=O)(=O)N2Cc3ccccc3CC2C(=O)NC(C)CO)c1. The van der Waals surface area contributed by atoms with E-state index in [4.69, 9.17) is 0 Å². The number of nitrogens with one attached hydrogen (secondary N) is 1. The van der Waals surface area contributed by atoms with Gasteiger partial charge in [-0.3, -0.25) is 4.79 Å². The number of aliphatic hydroxyl groups excluding tert-OH is 1. The monoisotopic (exact) mass is 402 g/mol. The number of sulfonamides is 1. The summed E-state index contributed by atoms with van der Waals surface area (Å²) < 4.78 is 28.4. The minimum absolute atomic E-state index is 0.136. The molecule has 2 unspecified atom stereocenters. The molecule has 2 atom stereocenters. The van der Waals surface area contributed by atoms with Crippen LogP contribution in [0.5, 0.6) is 0 Å². The van der Waals surface area contributed by atoms with E-state index in [-0.39, 0.29) is 18.0 Å². The van der Waals surface area contributed by atoms with Crippen LogP contribution in [0, 0.1) is 13.8 Å². The number of amides is 1. The molecule has 2 aromatic rings. The minimum atomic E-state index is -3.88. The van der Waals surface area contributed by atoms with Crippen molar-refractivity contribution in [2.75, 3.05) is 6.61 Å². The Morgan fingerprint density at radius 2 is 1.89 bits per heavy atom. The number of rotatable bonds is 5. The lowest BCUT2D eigenvalue weighted by molar-refractivity contribution is -0.126. The van der Waals surface area contributed by atoms with E-state index in [1.165, 1.54) is 4.31 Å². The van der Waals surface area contributed by atoms with E-state index in [0.717, 1.165) is 16.7 Å². The molecular formula is C21H26N2O4S. The van der Waals surface area contributed by atoms with Crippen LogP contribution in [0.1, 0.15) is 29.2 Å². The molecule has 3 rings (SSSR count). The van der Waals surface area contributed by atoms with Crippen molar-refractivity contribution >= 4 is 15.9 Å². The Labute approximate surface area is 166 Å². The summed E-state index contributed by atoms with van der Waals surface area (Å²) in [7, 11) is -3.88. The van der Waals surface area contributed by atoms with Crippen molar-refractivity contribution in [2.24, 2.45) is 0 Å². The fraction of sp³-hybridized carbons (Fsp3) is 0.381. The van der Waals surface area contributed by atoms with E-state index in [0.29, 0.717) is 12.0 Å². The average Bonchev–Trinajstić information content (AvgIpc) is 2.68. The highest BCUT2D eigenvalue weighted by atomic mass is 32.2. The van der Waals surface area contributed by atoms with Crippen LogP contribution in [0.3, 0.4) is 0 Å². The predicted octanol–water partition coefficient (Wildman–Crippen LogP) is 1.92. The largest absolute Gasteiger partial charge is 0.394 e. The lowest BCUT2D eigenvalue weighted by Gasteiger charge is -2.35. The third kappa shape index (κ3) is 3.97. The summed E-state index contributed by atoms with van der Waals surface area (Å²) >= 11 is 0. The van der Waals surface area contributed by atoms with Crippen molar-refractivity contribution in [2.45, 2.75) is 50.7 Å². The van der Waals surface area contributed by atoms with Crippen LogP contribution in [0.4, 0.5) is 0 Å². The molecule has 1 aliphatic heterocycles. The molecule has 150 valence electrons. The molecule has 7 heteroatoms. The normalized spacial score (nSPS) is 18.4. The van der Waals surface area contributed by atoms with Crippen LogP contribution in [-0.2, 0) is 27.8 Å². The van der Waals surface area contributed by atoms with E-state index in [2.05, 4.69) is 5.32 Å². The molecule has 2 N–H and O–H groups in total. The molecule has 1 heterocycles. The maximum Gasteiger partial charge on any atom is 0.244 e. The summed E-state index contributed by atoms with van der Waals surface area (Å²) in [5, 5.41) is 12.0. The molecule has 1 amide bonds. The van der Waals surface area contributed by atoms with Crippen molar-refractivity contribution in [1.82, 2.24) is 9.62 Å². The molecule has 0 spiro atoms. The summed E-state index contributed by atoms with van der Waals surface area (Å²) in [6, 6.07) is 11.6. The Hall–Kier alpha value is -2.22. The van der Waals surface area contributed by atoms with E-state index in [1.54, 1.807) is 26.0 Å². The zero-order valence-electron chi connectivity index (χ0n) is 16.3. The lowest BCUT2D eigenvalue weighted by atomic mass is 9.95. The molecule has 1 aliphatic rings. The van der Waals surface area contributed by atoms with Gasteiger partial charge in [-0.25, -0.2) is 8.42 Å². The Morgan fingerprint density at radius 3 is 2.57 bits per heavy atom. The molecule has 6 nitrogen and oxygen atoms in total. The number of carbonyl (C=O) groups excluding carboxylic acids is 1. The third-order valence-corrected chi connectivity index (χ3v) is 7.10. The van der Waals surface area contributed by atoms with Gasteiger partial charge in [-0.1, -0.05) is 36.4 Å². The smallest absolute Gasteiger partial charge is 0.244 e. The van der Waals surface area contributed by atoms with Crippen LogP contribution in [0.25, 0.3) is 0 Å². The molecule has 0 bridgehead atoms. The highest BCUT2D eigenvalue weighted by Gasteiger charge is 2.40. The molecule has 0 aliphatic carbocycles.